The van der Waals surface area contributed by atoms with Crippen LogP contribution in [0.3, 0.4) is 0 Å². The molecule has 4 heterocycles. The molecule has 1 saturated heterocycles. The molecule has 1 fully saturated rings. The summed E-state index contributed by atoms with van der Waals surface area (Å²) in [5.41, 5.74) is 0.732. The van der Waals surface area contributed by atoms with E-state index in [0.717, 1.165) is 31.6 Å². The Morgan fingerprint density at radius 3 is 2.72 bits per heavy atom. The number of hydrogen-bond acceptors (Lipinski definition) is 8. The largest absolute Gasteiger partial charge is 0.424 e. The minimum Gasteiger partial charge on any atom is -0.424 e. The van der Waals surface area contributed by atoms with Gasteiger partial charge in [0.2, 0.25) is 23.5 Å². The molecule has 1 atom stereocenters. The molecule has 0 bridgehead atoms. The third-order valence-corrected chi connectivity index (χ3v) is 4.66. The Bertz CT molecular complexity index is 823. The van der Waals surface area contributed by atoms with E-state index in [9.17, 15) is 0 Å². The monoisotopic (exact) mass is 340 g/mol. The number of hydrogen-bond donors (Lipinski definition) is 0. The second-order valence-corrected chi connectivity index (χ2v) is 6.32. The SMILES string of the molecule is Cc1nnc([C@H](C)N2CCC(c3nc(-c4ccccn4)no3)CC2)o1. The summed E-state index contributed by atoms with van der Waals surface area (Å²) in [6, 6.07) is 5.78. The van der Waals surface area contributed by atoms with Crippen molar-refractivity contribution in [2.24, 2.45) is 0 Å². The van der Waals surface area contributed by atoms with Gasteiger partial charge in [-0.05, 0) is 45.0 Å². The molecule has 25 heavy (non-hydrogen) atoms. The maximum Gasteiger partial charge on any atom is 0.233 e. The zero-order valence-electron chi connectivity index (χ0n) is 14.3. The molecule has 0 aliphatic carbocycles. The summed E-state index contributed by atoms with van der Waals surface area (Å²) in [5.74, 6) is 2.79. The van der Waals surface area contributed by atoms with Gasteiger partial charge in [0.1, 0.15) is 5.69 Å². The lowest BCUT2D eigenvalue weighted by atomic mass is 9.96. The summed E-state index contributed by atoms with van der Waals surface area (Å²) in [6.07, 6.45) is 3.65. The highest BCUT2D eigenvalue weighted by Crippen LogP contribution is 2.31. The second kappa shape index (κ2) is 6.72. The smallest absolute Gasteiger partial charge is 0.233 e. The van der Waals surface area contributed by atoms with Crippen molar-refractivity contribution < 1.29 is 8.94 Å². The van der Waals surface area contributed by atoms with E-state index in [1.165, 1.54) is 0 Å². The van der Waals surface area contributed by atoms with E-state index in [-0.39, 0.29) is 12.0 Å². The molecule has 0 N–H and O–H groups in total. The average molecular weight is 340 g/mol. The van der Waals surface area contributed by atoms with Gasteiger partial charge in [-0.3, -0.25) is 9.88 Å². The first kappa shape index (κ1) is 15.9. The quantitative estimate of drug-likeness (QED) is 0.715. The van der Waals surface area contributed by atoms with Gasteiger partial charge in [0.05, 0.1) is 6.04 Å². The molecule has 4 rings (SSSR count). The van der Waals surface area contributed by atoms with Gasteiger partial charge in [0.25, 0.3) is 0 Å². The summed E-state index contributed by atoms with van der Waals surface area (Å²) in [7, 11) is 0. The van der Waals surface area contributed by atoms with E-state index in [1.807, 2.05) is 25.1 Å². The lowest BCUT2D eigenvalue weighted by Crippen LogP contribution is -2.35. The molecule has 0 aromatic carbocycles. The number of aromatic nitrogens is 5. The maximum absolute atomic E-state index is 5.55. The van der Waals surface area contributed by atoms with Gasteiger partial charge in [0, 0.05) is 19.0 Å². The van der Waals surface area contributed by atoms with Crippen molar-refractivity contribution in [3.05, 3.63) is 42.1 Å². The summed E-state index contributed by atoms with van der Waals surface area (Å²) in [6.45, 7) is 5.76. The number of likely N-dealkylation sites (tertiary alicyclic amines) is 1. The molecule has 0 saturated carbocycles. The fourth-order valence-corrected chi connectivity index (χ4v) is 3.17. The second-order valence-electron chi connectivity index (χ2n) is 6.32. The van der Waals surface area contributed by atoms with Crippen molar-refractivity contribution in [1.29, 1.82) is 0 Å². The van der Waals surface area contributed by atoms with E-state index in [0.29, 0.717) is 23.5 Å². The maximum atomic E-state index is 5.55. The van der Waals surface area contributed by atoms with E-state index in [2.05, 4.69) is 37.1 Å². The van der Waals surface area contributed by atoms with Crippen molar-refractivity contribution in [1.82, 2.24) is 30.2 Å². The third-order valence-electron chi connectivity index (χ3n) is 4.66. The highest BCUT2D eigenvalue weighted by atomic mass is 16.5. The number of pyridine rings is 1. The van der Waals surface area contributed by atoms with Crippen molar-refractivity contribution >= 4 is 0 Å². The van der Waals surface area contributed by atoms with Crippen LogP contribution in [0.5, 0.6) is 0 Å². The lowest BCUT2D eigenvalue weighted by molar-refractivity contribution is 0.133. The highest BCUT2D eigenvalue weighted by Gasteiger charge is 2.29. The topological polar surface area (TPSA) is 94.0 Å². The minimum atomic E-state index is 0.119. The van der Waals surface area contributed by atoms with Crippen LogP contribution in [0, 0.1) is 6.92 Å². The van der Waals surface area contributed by atoms with Crippen LogP contribution >= 0.6 is 0 Å². The van der Waals surface area contributed by atoms with Crippen LogP contribution in [0.25, 0.3) is 11.5 Å². The summed E-state index contributed by atoms with van der Waals surface area (Å²) in [4.78, 5) is 11.1. The summed E-state index contributed by atoms with van der Waals surface area (Å²) < 4.78 is 11.0. The number of nitrogens with zero attached hydrogens (tertiary/aromatic N) is 6. The molecule has 3 aromatic rings. The van der Waals surface area contributed by atoms with Gasteiger partial charge in [-0.25, -0.2) is 0 Å². The Morgan fingerprint density at radius 2 is 2.04 bits per heavy atom. The fraction of sp³-hybridized carbons (Fsp3) is 0.471. The van der Waals surface area contributed by atoms with Crippen LogP contribution in [0.1, 0.15) is 49.4 Å². The van der Waals surface area contributed by atoms with E-state index in [1.54, 1.807) is 6.20 Å². The standard InChI is InChI=1S/C17H20N6O2/c1-11(16-21-20-12(2)24-16)23-9-6-13(7-10-23)17-19-15(22-25-17)14-5-3-4-8-18-14/h3-5,8,11,13H,6-7,9-10H2,1-2H3/t11-/m0/s1. The van der Waals surface area contributed by atoms with Crippen molar-refractivity contribution in [2.75, 3.05) is 13.1 Å². The number of piperidine rings is 1. The average Bonchev–Trinajstić information content (AvgIpc) is 3.31. The molecule has 0 radical (unpaired) electrons. The Labute approximate surface area is 145 Å². The normalized spacial score (nSPS) is 17.7. The van der Waals surface area contributed by atoms with Crippen LogP contribution < -0.4 is 0 Å². The predicted octanol–water partition coefficient (Wildman–Crippen LogP) is 2.76. The van der Waals surface area contributed by atoms with Crippen LogP contribution in [0.15, 0.2) is 33.3 Å². The molecule has 1 aliphatic rings. The van der Waals surface area contributed by atoms with Crippen LogP contribution in [0.4, 0.5) is 0 Å². The van der Waals surface area contributed by atoms with Crippen molar-refractivity contribution in [3.63, 3.8) is 0 Å². The molecule has 1 aliphatic heterocycles. The lowest BCUT2D eigenvalue weighted by Gasteiger charge is -2.33. The first-order valence-electron chi connectivity index (χ1n) is 8.50. The Morgan fingerprint density at radius 1 is 1.20 bits per heavy atom. The molecule has 0 spiro atoms. The van der Waals surface area contributed by atoms with Gasteiger partial charge in [-0.15, -0.1) is 10.2 Å². The molecular weight excluding hydrogens is 320 g/mol. The van der Waals surface area contributed by atoms with E-state index in [4.69, 9.17) is 8.94 Å². The highest BCUT2D eigenvalue weighted by molar-refractivity contribution is 5.47. The Hall–Kier alpha value is -2.61. The predicted molar refractivity (Wildman–Crippen MR) is 88.5 cm³/mol. The van der Waals surface area contributed by atoms with E-state index >= 15 is 0 Å². The first-order valence-corrected chi connectivity index (χ1v) is 8.50. The van der Waals surface area contributed by atoms with Gasteiger partial charge in [-0.2, -0.15) is 4.98 Å². The molecule has 8 heteroatoms. The van der Waals surface area contributed by atoms with Gasteiger partial charge < -0.3 is 8.94 Å². The van der Waals surface area contributed by atoms with Crippen LogP contribution in [0.2, 0.25) is 0 Å². The number of rotatable bonds is 4. The van der Waals surface area contributed by atoms with Crippen LogP contribution in [-0.4, -0.2) is 43.3 Å². The summed E-state index contributed by atoms with van der Waals surface area (Å²) >= 11 is 0. The van der Waals surface area contributed by atoms with Crippen LogP contribution in [-0.2, 0) is 0 Å². The van der Waals surface area contributed by atoms with Crippen molar-refractivity contribution in [3.8, 4) is 11.5 Å². The molecule has 3 aromatic heterocycles. The molecule has 130 valence electrons. The van der Waals surface area contributed by atoms with Gasteiger partial charge >= 0.3 is 0 Å². The Balaban J connectivity index is 1.40. The fourth-order valence-electron chi connectivity index (χ4n) is 3.17. The zero-order chi connectivity index (χ0) is 17.2. The molecule has 0 unspecified atom stereocenters. The van der Waals surface area contributed by atoms with E-state index < -0.39 is 0 Å². The number of aryl methyl sites for hydroxylation is 1. The molecular formula is C17H20N6O2. The summed E-state index contributed by atoms with van der Waals surface area (Å²) in [5, 5.41) is 12.1. The first-order chi connectivity index (χ1) is 12.2. The third kappa shape index (κ3) is 3.30. The minimum absolute atomic E-state index is 0.119. The van der Waals surface area contributed by atoms with Gasteiger partial charge in [-0.1, -0.05) is 11.2 Å². The van der Waals surface area contributed by atoms with Gasteiger partial charge in [0.15, 0.2) is 0 Å². The Kier molecular flexibility index (Phi) is 4.27. The van der Waals surface area contributed by atoms with Crippen molar-refractivity contribution in [2.45, 2.75) is 38.6 Å². The molecule has 8 nitrogen and oxygen atoms in total. The zero-order valence-corrected chi connectivity index (χ0v) is 14.3. The molecule has 0 amide bonds.